The Morgan fingerprint density at radius 2 is 0.600 bits per heavy atom. The van der Waals surface area contributed by atoms with Crippen LogP contribution in [0.25, 0.3) is 0 Å². The van der Waals surface area contributed by atoms with Crippen LogP contribution in [-0.4, -0.2) is 0 Å². The quantitative estimate of drug-likeness (QED) is 0.390. The van der Waals surface area contributed by atoms with Gasteiger partial charge in [0, 0.05) is 0 Å². The first-order valence-electron chi connectivity index (χ1n) is 6.73. The minimum atomic E-state index is 1.25. The van der Waals surface area contributed by atoms with Crippen molar-refractivity contribution in [3.05, 3.63) is 12.2 Å². The second-order valence-electron chi connectivity index (χ2n) is 2.79. The second kappa shape index (κ2) is 99.3. The second-order valence-corrected chi connectivity index (χ2v) is 2.79. The fraction of sp³-hybridized carbons (Fsp3) is 0.867. The number of hydrogen-bond donors (Lipinski definition) is 0. The summed E-state index contributed by atoms with van der Waals surface area (Å²) in [6.07, 6.45) is 7.75. The average Bonchev–Trinajstić information content (AvgIpc) is 2.24. The van der Waals surface area contributed by atoms with Gasteiger partial charge in [0.1, 0.15) is 0 Å². The molecule has 0 spiro atoms. The van der Waals surface area contributed by atoms with Crippen LogP contribution in [0.4, 0.5) is 0 Å². The maximum absolute atomic E-state index is 2.12. The Balaban J connectivity index is -0.0000000283. The summed E-state index contributed by atoms with van der Waals surface area (Å²) in [5.41, 5.74) is 0. The highest BCUT2D eigenvalue weighted by molar-refractivity contribution is 4.68. The van der Waals surface area contributed by atoms with Gasteiger partial charge in [-0.1, -0.05) is 86.8 Å². The molecule has 0 aromatic rings. The Labute approximate surface area is 101 Å². The Morgan fingerprint density at radius 1 is 0.533 bits per heavy atom. The van der Waals surface area contributed by atoms with Crippen molar-refractivity contribution in [3.8, 4) is 0 Å². The monoisotopic (exact) mass is 218 g/mol. The van der Waals surface area contributed by atoms with Gasteiger partial charge in [-0.25, -0.2) is 0 Å². The SMILES string of the molecule is C/C=C\C.CC.CCC.CCC.CCC. The summed E-state index contributed by atoms with van der Waals surface area (Å²) in [7, 11) is 0. The van der Waals surface area contributed by atoms with Gasteiger partial charge in [0.2, 0.25) is 0 Å². The fourth-order valence-corrected chi connectivity index (χ4v) is 0. The summed E-state index contributed by atoms with van der Waals surface area (Å²) >= 11 is 0. The molecule has 0 aliphatic carbocycles. The summed E-state index contributed by atoms with van der Waals surface area (Å²) < 4.78 is 0. The van der Waals surface area contributed by atoms with Crippen molar-refractivity contribution in [2.45, 2.75) is 88.5 Å². The van der Waals surface area contributed by atoms with Crippen LogP contribution in [0.1, 0.15) is 88.5 Å². The molecule has 0 bridgehead atoms. The molecule has 0 heteroatoms. The summed E-state index contributed by atoms with van der Waals surface area (Å²) in [5, 5.41) is 0. The molecule has 0 atom stereocenters. The predicted octanol–water partition coefficient (Wildman–Crippen LogP) is 6.86. The summed E-state index contributed by atoms with van der Waals surface area (Å²) in [6.45, 7) is 20.8. The Morgan fingerprint density at radius 3 is 0.600 bits per heavy atom. The van der Waals surface area contributed by atoms with Gasteiger partial charge in [-0.2, -0.15) is 0 Å². The zero-order valence-corrected chi connectivity index (χ0v) is 13.3. The molecule has 0 saturated heterocycles. The van der Waals surface area contributed by atoms with E-state index in [0.29, 0.717) is 0 Å². The van der Waals surface area contributed by atoms with Crippen molar-refractivity contribution >= 4 is 0 Å². The van der Waals surface area contributed by atoms with Gasteiger partial charge in [-0.15, -0.1) is 0 Å². The van der Waals surface area contributed by atoms with Crippen molar-refractivity contribution in [3.63, 3.8) is 0 Å². The predicted molar refractivity (Wildman–Crippen MR) is 79.7 cm³/mol. The number of rotatable bonds is 0. The molecular formula is C15H38. The van der Waals surface area contributed by atoms with E-state index in [4.69, 9.17) is 0 Å². The van der Waals surface area contributed by atoms with Gasteiger partial charge in [0.05, 0.1) is 0 Å². The molecule has 0 saturated carbocycles. The van der Waals surface area contributed by atoms with E-state index in [-0.39, 0.29) is 0 Å². The topological polar surface area (TPSA) is 0 Å². The molecule has 0 aliphatic rings. The molecule has 0 aromatic carbocycles. The lowest BCUT2D eigenvalue weighted by Gasteiger charge is -1.49. The van der Waals surface area contributed by atoms with E-state index in [1.807, 2.05) is 39.8 Å². The first-order chi connectivity index (χ1) is 7.16. The summed E-state index contributed by atoms with van der Waals surface area (Å²) in [5.74, 6) is 0. The van der Waals surface area contributed by atoms with E-state index in [2.05, 4.69) is 41.5 Å². The minimum Gasteiger partial charge on any atom is -0.0919 e. The van der Waals surface area contributed by atoms with E-state index in [1.165, 1.54) is 19.3 Å². The number of hydrogen-bond acceptors (Lipinski definition) is 0. The summed E-state index contributed by atoms with van der Waals surface area (Å²) in [4.78, 5) is 0. The zero-order chi connectivity index (χ0) is 13.5. The largest absolute Gasteiger partial charge is 0.0919 e. The van der Waals surface area contributed by atoms with Crippen LogP contribution in [0.3, 0.4) is 0 Å². The van der Waals surface area contributed by atoms with Gasteiger partial charge in [0.25, 0.3) is 0 Å². The van der Waals surface area contributed by atoms with Gasteiger partial charge in [-0.05, 0) is 13.8 Å². The maximum Gasteiger partial charge on any atom is -0.0470 e. The molecular weight excluding hydrogens is 180 g/mol. The molecule has 0 radical (unpaired) electrons. The summed E-state index contributed by atoms with van der Waals surface area (Å²) in [6, 6.07) is 0. The molecule has 15 heavy (non-hydrogen) atoms. The highest BCUT2D eigenvalue weighted by Crippen LogP contribution is 1.57. The highest BCUT2D eigenvalue weighted by atomic mass is 13.4. The third kappa shape index (κ3) is 3460. The van der Waals surface area contributed by atoms with Crippen LogP contribution >= 0.6 is 0 Å². The van der Waals surface area contributed by atoms with Gasteiger partial charge in [0.15, 0.2) is 0 Å². The van der Waals surface area contributed by atoms with Crippen LogP contribution in [-0.2, 0) is 0 Å². The van der Waals surface area contributed by atoms with Gasteiger partial charge in [-0.3, -0.25) is 0 Å². The van der Waals surface area contributed by atoms with Crippen molar-refractivity contribution in [2.75, 3.05) is 0 Å². The van der Waals surface area contributed by atoms with Crippen molar-refractivity contribution in [2.24, 2.45) is 0 Å². The van der Waals surface area contributed by atoms with Crippen LogP contribution < -0.4 is 0 Å². The molecule has 0 nitrogen and oxygen atoms in total. The van der Waals surface area contributed by atoms with Crippen LogP contribution in [0, 0.1) is 0 Å². The van der Waals surface area contributed by atoms with E-state index in [0.717, 1.165) is 0 Å². The van der Waals surface area contributed by atoms with Crippen molar-refractivity contribution < 1.29 is 0 Å². The standard InChI is InChI=1S/C4H8.3C3H8.C2H6/c1-3-4-2;3*1-3-2;1-2/h3-4H,1-2H3;3*3H2,1-2H3;1-2H3/b4-3-;;;;. The zero-order valence-electron chi connectivity index (χ0n) is 13.3. The average molecular weight is 218 g/mol. The molecule has 98 valence electrons. The van der Waals surface area contributed by atoms with Crippen molar-refractivity contribution in [1.82, 2.24) is 0 Å². The molecule has 0 aromatic heterocycles. The molecule has 0 heterocycles. The Hall–Kier alpha value is -0.260. The fourth-order valence-electron chi connectivity index (χ4n) is 0. The van der Waals surface area contributed by atoms with E-state index in [1.54, 1.807) is 0 Å². The lowest BCUT2D eigenvalue weighted by molar-refractivity contribution is 1.09. The third-order valence-electron chi connectivity index (χ3n) is 0.333. The maximum atomic E-state index is 2.12. The lowest BCUT2D eigenvalue weighted by Crippen LogP contribution is -1.27. The van der Waals surface area contributed by atoms with E-state index in [9.17, 15) is 0 Å². The highest BCUT2D eigenvalue weighted by Gasteiger charge is 1.36. The first-order valence-corrected chi connectivity index (χ1v) is 6.73. The minimum absolute atomic E-state index is 1.25. The molecule has 0 unspecified atom stereocenters. The normalized spacial score (nSPS) is 6.53. The molecule has 0 rings (SSSR count). The van der Waals surface area contributed by atoms with Crippen LogP contribution in [0.2, 0.25) is 0 Å². The third-order valence-corrected chi connectivity index (χ3v) is 0.333. The van der Waals surface area contributed by atoms with Crippen molar-refractivity contribution in [1.29, 1.82) is 0 Å². The Bertz CT molecular complexity index is 35.2. The van der Waals surface area contributed by atoms with E-state index < -0.39 is 0 Å². The lowest BCUT2D eigenvalue weighted by atomic mass is 10.6. The smallest absolute Gasteiger partial charge is 0.0470 e. The Kier molecular flexibility index (Phi) is 194. The van der Waals surface area contributed by atoms with Crippen LogP contribution in [0.5, 0.6) is 0 Å². The molecule has 0 N–H and O–H groups in total. The number of allylic oxidation sites excluding steroid dienone is 2. The first kappa shape index (κ1) is 29.3. The molecule has 0 fully saturated rings. The van der Waals surface area contributed by atoms with Gasteiger partial charge < -0.3 is 0 Å². The van der Waals surface area contributed by atoms with Crippen LogP contribution in [0.15, 0.2) is 12.2 Å². The molecule has 0 amide bonds. The molecule has 0 aliphatic heterocycles. The van der Waals surface area contributed by atoms with Gasteiger partial charge >= 0.3 is 0 Å². The van der Waals surface area contributed by atoms with E-state index >= 15 is 0 Å².